The topological polar surface area (TPSA) is 106 Å². The summed E-state index contributed by atoms with van der Waals surface area (Å²) in [4.78, 5) is 13.0. The molecule has 2 N–H and O–H groups in total. The van der Waals surface area contributed by atoms with E-state index in [1.165, 1.54) is 0 Å². The number of rotatable bonds is 9. The van der Waals surface area contributed by atoms with Crippen molar-refractivity contribution in [2.75, 3.05) is 0 Å². The first kappa shape index (κ1) is 14.7. The third-order valence-corrected chi connectivity index (χ3v) is 2.42. The molecule has 0 rings (SSSR count). The smallest absolute Gasteiger partial charge is 0.305 e. The molecule has 0 saturated carbocycles. The van der Waals surface area contributed by atoms with E-state index in [9.17, 15) is 9.90 Å². The predicted molar refractivity (Wildman–Crippen MR) is 60.0 cm³/mol. The van der Waals surface area contributed by atoms with Crippen LogP contribution in [0.5, 0.6) is 0 Å². The summed E-state index contributed by atoms with van der Waals surface area (Å²) >= 11 is 0. The summed E-state index contributed by atoms with van der Waals surface area (Å²) in [5.74, 6) is -0.979. The van der Waals surface area contributed by atoms with E-state index >= 15 is 0 Å². The number of aliphatic carboxylic acids is 1. The number of hydrogen-bond donors (Lipinski definition) is 2. The van der Waals surface area contributed by atoms with Gasteiger partial charge in [-0.25, -0.2) is 0 Å². The zero-order valence-electron chi connectivity index (χ0n) is 9.54. The van der Waals surface area contributed by atoms with E-state index in [1.54, 1.807) is 0 Å². The third kappa shape index (κ3) is 8.08. The Bertz CT molecular complexity index is 252. The molecule has 6 nitrogen and oxygen atoms in total. The molecular weight excluding hydrogens is 210 g/mol. The summed E-state index contributed by atoms with van der Waals surface area (Å²) in [6.45, 7) is 1.96. The molecule has 0 saturated heterocycles. The fourth-order valence-electron chi connectivity index (χ4n) is 1.48. The van der Waals surface area contributed by atoms with Gasteiger partial charge in [0.15, 0.2) is 0 Å². The van der Waals surface area contributed by atoms with Crippen LogP contribution in [0.25, 0.3) is 10.4 Å². The van der Waals surface area contributed by atoms with Crippen LogP contribution in [0.4, 0.5) is 0 Å². The Morgan fingerprint density at radius 3 is 2.56 bits per heavy atom. The van der Waals surface area contributed by atoms with Gasteiger partial charge in [-0.05, 0) is 24.8 Å². The molecule has 0 aliphatic rings. The molecule has 0 aliphatic heterocycles. The maximum Gasteiger partial charge on any atom is 0.305 e. The highest BCUT2D eigenvalue weighted by molar-refractivity contribution is 5.67. The first-order chi connectivity index (χ1) is 7.60. The van der Waals surface area contributed by atoms with Gasteiger partial charge in [0.05, 0.1) is 12.5 Å². The van der Waals surface area contributed by atoms with E-state index in [0.717, 1.165) is 25.7 Å². The normalized spacial score (nSPS) is 13.9. The quantitative estimate of drug-likeness (QED) is 0.274. The van der Waals surface area contributed by atoms with Crippen molar-refractivity contribution < 1.29 is 15.0 Å². The lowest BCUT2D eigenvalue weighted by Gasteiger charge is -2.09. The van der Waals surface area contributed by atoms with Gasteiger partial charge in [0.25, 0.3) is 0 Å². The van der Waals surface area contributed by atoms with E-state index < -0.39 is 12.1 Å². The number of carbonyl (C=O) groups is 1. The number of carboxylic acids is 1. The highest BCUT2D eigenvalue weighted by atomic mass is 16.4. The average Bonchev–Trinajstić information content (AvgIpc) is 2.21. The van der Waals surface area contributed by atoms with E-state index in [-0.39, 0.29) is 12.5 Å². The van der Waals surface area contributed by atoms with E-state index in [2.05, 4.69) is 10.0 Å². The van der Waals surface area contributed by atoms with Crippen molar-refractivity contribution in [3.63, 3.8) is 0 Å². The van der Waals surface area contributed by atoms with Crippen LogP contribution in [0.15, 0.2) is 5.11 Å². The molecule has 2 unspecified atom stereocenters. The number of aliphatic hydroxyl groups excluding tert-OH is 1. The molecule has 0 bridgehead atoms. The summed E-state index contributed by atoms with van der Waals surface area (Å²) in [6, 6.07) is 0.0154. The second-order valence-electron chi connectivity index (χ2n) is 3.80. The highest BCUT2D eigenvalue weighted by Crippen LogP contribution is 2.12. The van der Waals surface area contributed by atoms with Gasteiger partial charge >= 0.3 is 5.97 Å². The van der Waals surface area contributed by atoms with Crippen LogP contribution in [-0.2, 0) is 4.79 Å². The second-order valence-corrected chi connectivity index (χ2v) is 3.80. The number of hydrogen-bond acceptors (Lipinski definition) is 3. The lowest BCUT2D eigenvalue weighted by Crippen LogP contribution is -2.12. The van der Waals surface area contributed by atoms with Gasteiger partial charge in [-0.2, -0.15) is 0 Å². The molecule has 0 fully saturated rings. The fraction of sp³-hybridized carbons (Fsp3) is 0.900. The molecule has 0 aromatic heterocycles. The zero-order valence-corrected chi connectivity index (χ0v) is 9.54. The van der Waals surface area contributed by atoms with Crippen LogP contribution < -0.4 is 0 Å². The second kappa shape index (κ2) is 9.00. The van der Waals surface area contributed by atoms with Gasteiger partial charge in [-0.15, -0.1) is 0 Å². The molecular formula is C10H19N3O3. The summed E-state index contributed by atoms with van der Waals surface area (Å²) in [5.41, 5.74) is 8.26. The Hall–Kier alpha value is -1.26. The van der Waals surface area contributed by atoms with E-state index in [4.69, 9.17) is 10.6 Å². The largest absolute Gasteiger partial charge is 0.481 e. The fourth-order valence-corrected chi connectivity index (χ4v) is 1.48. The van der Waals surface area contributed by atoms with Crippen molar-refractivity contribution in [1.29, 1.82) is 0 Å². The van der Waals surface area contributed by atoms with E-state index in [1.807, 2.05) is 6.92 Å². The van der Waals surface area contributed by atoms with Crippen molar-refractivity contribution in [2.45, 2.75) is 57.6 Å². The van der Waals surface area contributed by atoms with Crippen molar-refractivity contribution in [3.05, 3.63) is 10.4 Å². The summed E-state index contributed by atoms with van der Waals surface area (Å²) in [5, 5.41) is 21.3. The lowest BCUT2D eigenvalue weighted by molar-refractivity contribution is -0.139. The zero-order chi connectivity index (χ0) is 12.4. The molecule has 0 heterocycles. The summed E-state index contributed by atoms with van der Waals surface area (Å²) < 4.78 is 0. The third-order valence-electron chi connectivity index (χ3n) is 2.42. The first-order valence-corrected chi connectivity index (χ1v) is 5.54. The molecule has 92 valence electrons. The number of azide groups is 1. The average molecular weight is 229 g/mol. The minimum absolute atomic E-state index is 0.0154. The first-order valence-electron chi connectivity index (χ1n) is 5.54. The van der Waals surface area contributed by atoms with Gasteiger partial charge in [-0.3, -0.25) is 4.79 Å². The Morgan fingerprint density at radius 1 is 1.44 bits per heavy atom. The molecule has 0 spiro atoms. The Morgan fingerprint density at radius 2 is 2.06 bits per heavy atom. The van der Waals surface area contributed by atoms with Gasteiger partial charge in [0, 0.05) is 11.0 Å². The lowest BCUT2D eigenvalue weighted by atomic mass is 10.0. The van der Waals surface area contributed by atoms with Crippen LogP contribution in [0.3, 0.4) is 0 Å². The highest BCUT2D eigenvalue weighted by Gasteiger charge is 2.09. The maximum atomic E-state index is 10.3. The number of aliphatic hydroxyl groups is 1. The standard InChI is InChI=1S/C10H19N3O3/c1-2-8(12-13-11)5-3-4-6-9(14)7-10(15)16/h8-9,14H,2-7H2,1H3,(H,15,16). The predicted octanol–water partition coefficient (Wildman–Crippen LogP) is 2.47. The molecule has 0 aromatic rings. The van der Waals surface area contributed by atoms with Gasteiger partial charge < -0.3 is 10.2 Å². The van der Waals surface area contributed by atoms with Gasteiger partial charge in [0.2, 0.25) is 0 Å². The Labute approximate surface area is 94.9 Å². The van der Waals surface area contributed by atoms with Crippen LogP contribution >= 0.6 is 0 Å². The van der Waals surface area contributed by atoms with Crippen LogP contribution in [0, 0.1) is 0 Å². The minimum Gasteiger partial charge on any atom is -0.481 e. The van der Waals surface area contributed by atoms with Gasteiger partial charge in [-0.1, -0.05) is 24.9 Å². The van der Waals surface area contributed by atoms with Crippen LogP contribution in [0.1, 0.15) is 45.4 Å². The SMILES string of the molecule is CCC(CCCCC(O)CC(=O)O)N=[N+]=[N-]. The maximum absolute atomic E-state index is 10.3. The summed E-state index contributed by atoms with van der Waals surface area (Å²) in [6.07, 6.45) is 2.71. The molecule has 0 amide bonds. The van der Waals surface area contributed by atoms with Crippen LogP contribution in [-0.4, -0.2) is 28.3 Å². The van der Waals surface area contributed by atoms with Crippen molar-refractivity contribution >= 4 is 5.97 Å². The Balaban J connectivity index is 3.58. The number of nitrogens with zero attached hydrogens (tertiary/aromatic N) is 3. The molecule has 6 heteroatoms. The van der Waals surface area contributed by atoms with Crippen molar-refractivity contribution in [1.82, 2.24) is 0 Å². The number of unbranched alkanes of at least 4 members (excludes halogenated alkanes) is 1. The van der Waals surface area contributed by atoms with E-state index in [0.29, 0.717) is 6.42 Å². The molecule has 0 aliphatic carbocycles. The molecule has 0 aromatic carbocycles. The van der Waals surface area contributed by atoms with Crippen molar-refractivity contribution in [3.8, 4) is 0 Å². The minimum atomic E-state index is -0.979. The molecule has 2 atom stereocenters. The van der Waals surface area contributed by atoms with Crippen LogP contribution in [0.2, 0.25) is 0 Å². The summed E-state index contributed by atoms with van der Waals surface area (Å²) in [7, 11) is 0. The monoisotopic (exact) mass is 229 g/mol. The number of carboxylic acid groups (broad SMARTS) is 1. The molecule has 0 radical (unpaired) electrons. The van der Waals surface area contributed by atoms with Crippen molar-refractivity contribution in [2.24, 2.45) is 5.11 Å². The Kier molecular flexibility index (Phi) is 8.29. The van der Waals surface area contributed by atoms with Gasteiger partial charge in [0.1, 0.15) is 0 Å². The molecule has 16 heavy (non-hydrogen) atoms.